The van der Waals surface area contributed by atoms with Crippen LogP contribution in [0.2, 0.25) is 0 Å². The summed E-state index contributed by atoms with van der Waals surface area (Å²) in [5, 5.41) is 6.37. The molecule has 2 N–H and O–H groups in total. The van der Waals surface area contributed by atoms with Gasteiger partial charge in [0.25, 0.3) is 0 Å². The summed E-state index contributed by atoms with van der Waals surface area (Å²) in [6.45, 7) is 3.38. The summed E-state index contributed by atoms with van der Waals surface area (Å²) in [4.78, 5) is 6.57. The van der Waals surface area contributed by atoms with E-state index in [4.69, 9.17) is 0 Å². The van der Waals surface area contributed by atoms with Gasteiger partial charge in [-0.3, -0.25) is 0 Å². The molecule has 11 heteroatoms. The topological polar surface area (TPSA) is 77.0 Å². The van der Waals surface area contributed by atoms with Gasteiger partial charge in [-0.25, -0.2) is 13.4 Å². The largest absolute Gasteiger partial charge is 0.511 e. The van der Waals surface area contributed by atoms with Crippen molar-refractivity contribution < 1.29 is 21.6 Å². The third-order valence-corrected chi connectivity index (χ3v) is 6.61. The molecule has 7 nitrogen and oxygen atoms in total. The number of benzene rings is 1. The van der Waals surface area contributed by atoms with Crippen LogP contribution in [0.4, 0.5) is 18.9 Å². The number of aliphatic imine (C=N–C) groups is 1. The molecular formula is C19H30F3N5O2S. The van der Waals surface area contributed by atoms with E-state index in [0.717, 1.165) is 11.3 Å². The third-order valence-electron chi connectivity index (χ3n) is 4.98. The van der Waals surface area contributed by atoms with E-state index in [9.17, 15) is 21.6 Å². The molecule has 0 spiro atoms. The zero-order valence-electron chi connectivity index (χ0n) is 17.5. The molecule has 0 radical (unpaired) electrons. The number of guanidine groups is 1. The average Bonchev–Trinajstić information content (AvgIpc) is 2.70. The maximum atomic E-state index is 12.7. The number of nitrogens with one attached hydrogen (secondary N) is 2. The number of nitrogens with zero attached hydrogens (tertiary/aromatic N) is 3. The number of hydrogen-bond acceptors (Lipinski definition) is 4. The second kappa shape index (κ2) is 10.3. The van der Waals surface area contributed by atoms with Gasteiger partial charge >= 0.3 is 15.5 Å². The molecule has 0 bridgehead atoms. The Labute approximate surface area is 176 Å². The molecule has 0 atom stereocenters. The highest BCUT2D eigenvalue weighted by Gasteiger charge is 2.50. The van der Waals surface area contributed by atoms with Crippen LogP contribution in [0.25, 0.3) is 0 Å². The van der Waals surface area contributed by atoms with Gasteiger partial charge in [0.1, 0.15) is 0 Å². The molecule has 1 aliphatic rings. The standard InChI is InChI=1S/C19H30F3N5O2S/c1-4-23-18(24-13-15-5-7-17(8-6-15)26(2)3)25-14-16-9-11-27(12-10-16)30(28,29)19(20,21)22/h5-8,16H,4,9-14H2,1-3H3,(H2,23,24,25). The first-order valence-electron chi connectivity index (χ1n) is 9.89. The van der Waals surface area contributed by atoms with Gasteiger partial charge in [0, 0.05) is 46.0 Å². The van der Waals surface area contributed by atoms with Crippen LogP contribution in [-0.4, -0.2) is 64.5 Å². The van der Waals surface area contributed by atoms with Crippen LogP contribution in [0.15, 0.2) is 29.3 Å². The predicted molar refractivity (Wildman–Crippen MR) is 113 cm³/mol. The summed E-state index contributed by atoms with van der Waals surface area (Å²) in [5.74, 6) is 0.701. The Balaban J connectivity index is 1.87. The first-order valence-corrected chi connectivity index (χ1v) is 11.3. The number of rotatable bonds is 7. The highest BCUT2D eigenvalue weighted by Crippen LogP contribution is 2.30. The summed E-state index contributed by atoms with van der Waals surface area (Å²) in [6.07, 6.45) is 0.738. The minimum Gasteiger partial charge on any atom is -0.378 e. The van der Waals surface area contributed by atoms with Crippen LogP contribution in [0.1, 0.15) is 25.3 Å². The molecule has 170 valence electrons. The Morgan fingerprint density at radius 1 is 1.17 bits per heavy atom. The molecule has 1 heterocycles. The van der Waals surface area contributed by atoms with Gasteiger partial charge in [0.05, 0.1) is 6.54 Å². The molecule has 1 saturated heterocycles. The first kappa shape index (κ1) is 24.3. The van der Waals surface area contributed by atoms with E-state index in [1.165, 1.54) is 0 Å². The number of alkyl halides is 3. The quantitative estimate of drug-likeness (QED) is 0.494. The fraction of sp³-hybridized carbons (Fsp3) is 0.632. The summed E-state index contributed by atoms with van der Waals surface area (Å²) in [6, 6.07) is 8.07. The van der Waals surface area contributed by atoms with Crippen LogP contribution in [0, 0.1) is 5.92 Å². The van der Waals surface area contributed by atoms with E-state index in [0.29, 0.717) is 42.7 Å². The van der Waals surface area contributed by atoms with Gasteiger partial charge in [0.15, 0.2) is 5.96 Å². The van der Waals surface area contributed by atoms with E-state index in [1.807, 2.05) is 50.2 Å². The molecular weight excluding hydrogens is 419 g/mol. The molecule has 1 aromatic carbocycles. The van der Waals surface area contributed by atoms with Gasteiger partial charge in [0.2, 0.25) is 0 Å². The molecule has 1 aliphatic heterocycles. The maximum absolute atomic E-state index is 12.7. The van der Waals surface area contributed by atoms with E-state index in [1.54, 1.807) is 0 Å². The average molecular weight is 450 g/mol. The van der Waals surface area contributed by atoms with Crippen molar-refractivity contribution in [3.63, 3.8) is 0 Å². The lowest BCUT2D eigenvalue weighted by molar-refractivity contribution is -0.0496. The van der Waals surface area contributed by atoms with Crippen LogP contribution in [0.5, 0.6) is 0 Å². The minimum absolute atomic E-state index is 0.0768. The lowest BCUT2D eigenvalue weighted by Crippen LogP contribution is -2.47. The Morgan fingerprint density at radius 2 is 1.77 bits per heavy atom. The lowest BCUT2D eigenvalue weighted by atomic mass is 9.98. The Kier molecular flexibility index (Phi) is 8.36. The van der Waals surface area contributed by atoms with Crippen molar-refractivity contribution >= 4 is 21.7 Å². The molecule has 0 aromatic heterocycles. The zero-order valence-corrected chi connectivity index (χ0v) is 18.4. The van der Waals surface area contributed by atoms with Crippen LogP contribution >= 0.6 is 0 Å². The molecule has 1 aromatic rings. The van der Waals surface area contributed by atoms with Gasteiger partial charge in [-0.1, -0.05) is 12.1 Å². The molecule has 30 heavy (non-hydrogen) atoms. The number of hydrogen-bond donors (Lipinski definition) is 2. The Morgan fingerprint density at radius 3 is 2.27 bits per heavy atom. The van der Waals surface area contributed by atoms with Crippen molar-refractivity contribution in [1.29, 1.82) is 0 Å². The highest BCUT2D eigenvalue weighted by molar-refractivity contribution is 7.90. The lowest BCUT2D eigenvalue weighted by Gasteiger charge is -2.31. The maximum Gasteiger partial charge on any atom is 0.511 e. The smallest absolute Gasteiger partial charge is 0.378 e. The van der Waals surface area contributed by atoms with Crippen molar-refractivity contribution in [3.05, 3.63) is 29.8 Å². The van der Waals surface area contributed by atoms with E-state index in [2.05, 4.69) is 15.6 Å². The van der Waals surface area contributed by atoms with Crippen LogP contribution in [0.3, 0.4) is 0 Å². The van der Waals surface area contributed by atoms with Gasteiger partial charge < -0.3 is 15.5 Å². The number of sulfonamides is 1. The van der Waals surface area contributed by atoms with Crippen molar-refractivity contribution in [1.82, 2.24) is 14.9 Å². The molecule has 2 rings (SSSR count). The zero-order chi connectivity index (χ0) is 22.4. The number of anilines is 1. The van der Waals surface area contributed by atoms with Crippen LogP contribution < -0.4 is 15.5 Å². The van der Waals surface area contributed by atoms with Gasteiger partial charge in [-0.05, 0) is 43.4 Å². The summed E-state index contributed by atoms with van der Waals surface area (Å²) in [5.41, 5.74) is -3.08. The molecule has 0 aliphatic carbocycles. The SMILES string of the molecule is CCNC(=NCc1ccc(N(C)C)cc1)NCC1CCN(S(=O)(=O)C(F)(F)F)CC1. The second-order valence-corrected chi connectivity index (χ2v) is 9.36. The molecule has 1 fully saturated rings. The normalized spacial score (nSPS) is 17.1. The predicted octanol–water partition coefficient (Wildman–Crippen LogP) is 2.37. The second-order valence-electron chi connectivity index (χ2n) is 7.43. The van der Waals surface area contributed by atoms with Crippen molar-refractivity contribution in [2.24, 2.45) is 10.9 Å². The monoisotopic (exact) mass is 449 g/mol. The fourth-order valence-corrected chi connectivity index (χ4v) is 4.14. The van der Waals surface area contributed by atoms with Crippen LogP contribution in [-0.2, 0) is 16.6 Å². The van der Waals surface area contributed by atoms with E-state index in [-0.39, 0.29) is 19.0 Å². The molecule has 0 saturated carbocycles. The minimum atomic E-state index is -5.24. The third kappa shape index (κ3) is 6.49. The Hall–Kier alpha value is -2.01. The number of piperidine rings is 1. The van der Waals surface area contributed by atoms with Crippen molar-refractivity contribution in [3.8, 4) is 0 Å². The Bertz CT molecular complexity index is 802. The van der Waals surface area contributed by atoms with Gasteiger partial charge in [-0.15, -0.1) is 0 Å². The summed E-state index contributed by atoms with van der Waals surface area (Å²) < 4.78 is 61.5. The first-order chi connectivity index (χ1) is 14.0. The number of halogens is 3. The molecule has 0 unspecified atom stereocenters. The van der Waals surface area contributed by atoms with E-state index >= 15 is 0 Å². The van der Waals surface area contributed by atoms with Crippen molar-refractivity contribution in [2.45, 2.75) is 31.8 Å². The van der Waals surface area contributed by atoms with Crippen molar-refractivity contribution in [2.75, 3.05) is 45.2 Å². The highest BCUT2D eigenvalue weighted by atomic mass is 32.2. The summed E-state index contributed by atoms with van der Waals surface area (Å²) >= 11 is 0. The fourth-order valence-electron chi connectivity index (χ4n) is 3.15. The van der Waals surface area contributed by atoms with E-state index < -0.39 is 15.5 Å². The van der Waals surface area contributed by atoms with Gasteiger partial charge in [-0.2, -0.15) is 17.5 Å². The molecule has 0 amide bonds. The summed E-state index contributed by atoms with van der Waals surface area (Å²) in [7, 11) is -1.29.